The molecule has 0 fully saturated rings. The maximum atomic E-state index is 5.89. The summed E-state index contributed by atoms with van der Waals surface area (Å²) in [6, 6.07) is 4.35. The van der Waals surface area contributed by atoms with Gasteiger partial charge in [-0.05, 0) is 36.5 Å². The molecule has 0 amide bonds. The second-order valence-corrected chi connectivity index (χ2v) is 6.49. The maximum Gasteiger partial charge on any atom is 0.125 e. The van der Waals surface area contributed by atoms with Gasteiger partial charge in [-0.3, -0.25) is 0 Å². The lowest BCUT2D eigenvalue weighted by Crippen LogP contribution is -2.20. The molecule has 0 heterocycles. The average Bonchev–Trinajstić information content (AvgIpc) is 2.14. The van der Waals surface area contributed by atoms with Gasteiger partial charge in [0.25, 0.3) is 0 Å². The van der Waals surface area contributed by atoms with Crippen LogP contribution < -0.4 is 10.5 Å². The summed E-state index contributed by atoms with van der Waals surface area (Å²) in [4.78, 5) is 0. The van der Waals surface area contributed by atoms with E-state index in [1.54, 1.807) is 7.11 Å². The van der Waals surface area contributed by atoms with E-state index >= 15 is 0 Å². The standard InChI is InChI=1S/C14H22BrNO/c1-9(16)6-10-7-11(15)8-12(13(10)17-5)14(2,3)4/h7-9H,6,16H2,1-5H3. The van der Waals surface area contributed by atoms with E-state index in [2.05, 4.69) is 48.8 Å². The molecule has 17 heavy (non-hydrogen) atoms. The lowest BCUT2D eigenvalue weighted by molar-refractivity contribution is 0.391. The fourth-order valence-corrected chi connectivity index (χ4v) is 2.45. The van der Waals surface area contributed by atoms with E-state index in [0.29, 0.717) is 0 Å². The predicted octanol–water partition coefficient (Wildman–Crippen LogP) is 3.64. The smallest absolute Gasteiger partial charge is 0.125 e. The number of halogens is 1. The average molecular weight is 300 g/mol. The van der Waals surface area contributed by atoms with Crippen LogP contribution in [0.3, 0.4) is 0 Å². The number of hydrogen-bond donors (Lipinski definition) is 1. The van der Waals surface area contributed by atoms with Gasteiger partial charge >= 0.3 is 0 Å². The first-order valence-corrected chi connectivity index (χ1v) is 6.67. The Labute approximate surface area is 113 Å². The van der Waals surface area contributed by atoms with Crippen molar-refractivity contribution in [3.05, 3.63) is 27.7 Å². The van der Waals surface area contributed by atoms with E-state index < -0.39 is 0 Å². The Balaban J connectivity index is 3.35. The van der Waals surface area contributed by atoms with Crippen LogP contribution in [0.2, 0.25) is 0 Å². The van der Waals surface area contributed by atoms with Gasteiger partial charge in [0.15, 0.2) is 0 Å². The molecule has 0 spiro atoms. The van der Waals surface area contributed by atoms with Crippen molar-refractivity contribution in [3.8, 4) is 5.75 Å². The zero-order valence-electron chi connectivity index (χ0n) is 11.3. The number of nitrogens with two attached hydrogens (primary N) is 1. The quantitative estimate of drug-likeness (QED) is 0.925. The number of methoxy groups -OCH3 is 1. The normalized spacial score (nSPS) is 13.6. The molecule has 0 saturated carbocycles. The SMILES string of the molecule is COc1c(CC(C)N)cc(Br)cc1C(C)(C)C. The zero-order chi connectivity index (χ0) is 13.2. The summed E-state index contributed by atoms with van der Waals surface area (Å²) in [6.45, 7) is 8.57. The van der Waals surface area contributed by atoms with Crippen LogP contribution in [0, 0.1) is 0 Å². The first kappa shape index (κ1) is 14.5. The molecule has 0 radical (unpaired) electrons. The summed E-state index contributed by atoms with van der Waals surface area (Å²) >= 11 is 3.56. The van der Waals surface area contributed by atoms with Crippen LogP contribution in [-0.2, 0) is 11.8 Å². The molecule has 0 aromatic heterocycles. The van der Waals surface area contributed by atoms with Crippen molar-refractivity contribution >= 4 is 15.9 Å². The molecule has 2 N–H and O–H groups in total. The molecule has 0 aliphatic carbocycles. The van der Waals surface area contributed by atoms with E-state index in [0.717, 1.165) is 16.6 Å². The molecule has 1 aromatic rings. The summed E-state index contributed by atoms with van der Waals surface area (Å²) in [5, 5.41) is 0. The molecule has 0 aliphatic rings. The third-order valence-electron chi connectivity index (χ3n) is 2.68. The van der Waals surface area contributed by atoms with Crippen LogP contribution in [0.1, 0.15) is 38.8 Å². The molecule has 3 heteroatoms. The maximum absolute atomic E-state index is 5.89. The highest BCUT2D eigenvalue weighted by molar-refractivity contribution is 9.10. The Hall–Kier alpha value is -0.540. The van der Waals surface area contributed by atoms with Gasteiger partial charge in [0.2, 0.25) is 0 Å². The van der Waals surface area contributed by atoms with Crippen LogP contribution in [0.15, 0.2) is 16.6 Å². The second-order valence-electron chi connectivity index (χ2n) is 5.58. The van der Waals surface area contributed by atoms with Crippen LogP contribution in [-0.4, -0.2) is 13.2 Å². The van der Waals surface area contributed by atoms with Crippen molar-refractivity contribution in [2.45, 2.75) is 45.6 Å². The van der Waals surface area contributed by atoms with Crippen molar-refractivity contribution in [1.82, 2.24) is 0 Å². The highest BCUT2D eigenvalue weighted by Crippen LogP contribution is 2.37. The van der Waals surface area contributed by atoms with E-state index in [4.69, 9.17) is 10.5 Å². The third-order valence-corrected chi connectivity index (χ3v) is 3.14. The number of benzene rings is 1. The van der Waals surface area contributed by atoms with E-state index in [-0.39, 0.29) is 11.5 Å². The Morgan fingerprint density at radius 3 is 2.35 bits per heavy atom. The number of hydrogen-bond acceptors (Lipinski definition) is 2. The minimum absolute atomic E-state index is 0.0573. The molecule has 0 saturated heterocycles. The molecule has 1 atom stereocenters. The van der Waals surface area contributed by atoms with E-state index in [9.17, 15) is 0 Å². The Kier molecular flexibility index (Phi) is 4.62. The minimum atomic E-state index is 0.0573. The lowest BCUT2D eigenvalue weighted by atomic mass is 9.84. The monoisotopic (exact) mass is 299 g/mol. The summed E-state index contributed by atoms with van der Waals surface area (Å²) < 4.78 is 6.66. The second kappa shape index (κ2) is 5.40. The molecule has 96 valence electrons. The van der Waals surface area contributed by atoms with Gasteiger partial charge in [-0.1, -0.05) is 36.7 Å². The van der Waals surface area contributed by atoms with Crippen molar-refractivity contribution < 1.29 is 4.74 Å². The van der Waals surface area contributed by atoms with Gasteiger partial charge < -0.3 is 10.5 Å². The van der Waals surface area contributed by atoms with Crippen LogP contribution in [0.25, 0.3) is 0 Å². The molecule has 1 rings (SSSR count). The Bertz CT molecular complexity index is 394. The zero-order valence-corrected chi connectivity index (χ0v) is 12.9. The summed E-state index contributed by atoms with van der Waals surface area (Å²) in [7, 11) is 1.73. The van der Waals surface area contributed by atoms with Crippen LogP contribution >= 0.6 is 15.9 Å². The molecule has 1 unspecified atom stereocenters. The minimum Gasteiger partial charge on any atom is -0.496 e. The van der Waals surface area contributed by atoms with E-state index in [1.165, 1.54) is 11.1 Å². The first-order chi connectivity index (χ1) is 7.75. The van der Waals surface area contributed by atoms with Crippen molar-refractivity contribution in [2.75, 3.05) is 7.11 Å². The summed E-state index contributed by atoms with van der Waals surface area (Å²) in [5.74, 6) is 0.970. The van der Waals surface area contributed by atoms with Gasteiger partial charge in [0.05, 0.1) is 7.11 Å². The third kappa shape index (κ3) is 3.71. The van der Waals surface area contributed by atoms with Crippen molar-refractivity contribution in [2.24, 2.45) is 5.73 Å². The van der Waals surface area contributed by atoms with Crippen molar-refractivity contribution in [1.29, 1.82) is 0 Å². The lowest BCUT2D eigenvalue weighted by Gasteiger charge is -2.25. The first-order valence-electron chi connectivity index (χ1n) is 5.88. The fourth-order valence-electron chi connectivity index (χ4n) is 1.95. The van der Waals surface area contributed by atoms with Crippen LogP contribution in [0.4, 0.5) is 0 Å². The van der Waals surface area contributed by atoms with Crippen LogP contribution in [0.5, 0.6) is 5.75 Å². The van der Waals surface area contributed by atoms with Gasteiger partial charge in [-0.2, -0.15) is 0 Å². The highest BCUT2D eigenvalue weighted by atomic mass is 79.9. The number of rotatable bonds is 3. The molecule has 0 bridgehead atoms. The molecule has 0 aliphatic heterocycles. The highest BCUT2D eigenvalue weighted by Gasteiger charge is 2.22. The molecule has 2 nitrogen and oxygen atoms in total. The molecule has 1 aromatic carbocycles. The fraction of sp³-hybridized carbons (Fsp3) is 0.571. The van der Waals surface area contributed by atoms with E-state index in [1.807, 2.05) is 6.92 Å². The predicted molar refractivity (Wildman–Crippen MR) is 76.7 cm³/mol. The number of ether oxygens (including phenoxy) is 1. The van der Waals surface area contributed by atoms with Gasteiger partial charge in [-0.25, -0.2) is 0 Å². The van der Waals surface area contributed by atoms with Gasteiger partial charge in [0.1, 0.15) is 5.75 Å². The van der Waals surface area contributed by atoms with Crippen molar-refractivity contribution in [3.63, 3.8) is 0 Å². The Morgan fingerprint density at radius 1 is 1.35 bits per heavy atom. The summed E-state index contributed by atoms with van der Waals surface area (Å²) in [6.07, 6.45) is 0.825. The molecular weight excluding hydrogens is 278 g/mol. The Morgan fingerprint density at radius 2 is 1.94 bits per heavy atom. The summed E-state index contributed by atoms with van der Waals surface area (Å²) in [5.41, 5.74) is 8.32. The van der Waals surface area contributed by atoms with Gasteiger partial charge in [0, 0.05) is 16.1 Å². The van der Waals surface area contributed by atoms with Gasteiger partial charge in [-0.15, -0.1) is 0 Å². The largest absolute Gasteiger partial charge is 0.496 e. The topological polar surface area (TPSA) is 35.2 Å². The molecular formula is C14H22BrNO.